The number of aromatic hydroxyl groups is 1. The third-order valence-corrected chi connectivity index (χ3v) is 3.02. The van der Waals surface area contributed by atoms with Gasteiger partial charge in [-0.2, -0.15) is 0 Å². The highest BCUT2D eigenvalue weighted by atomic mass is 79.9. The Morgan fingerprint density at radius 2 is 2.19 bits per heavy atom. The van der Waals surface area contributed by atoms with Crippen molar-refractivity contribution in [3.8, 4) is 5.75 Å². The second kappa shape index (κ2) is 5.32. The number of hydrogen-bond acceptors (Lipinski definition) is 3. The zero-order valence-electron chi connectivity index (χ0n) is 8.90. The highest BCUT2D eigenvalue weighted by Gasteiger charge is 2.20. The maximum absolute atomic E-state index is 10.7. The third-order valence-electron chi connectivity index (χ3n) is 2.37. The number of rotatable bonds is 4. The van der Waals surface area contributed by atoms with E-state index < -0.39 is 5.97 Å². The summed E-state index contributed by atoms with van der Waals surface area (Å²) in [6.07, 6.45) is -0.0915. The van der Waals surface area contributed by atoms with Crippen molar-refractivity contribution in [3.05, 3.63) is 27.7 Å². The number of halogens is 1. The number of aryl methyl sites for hydroxylation is 1. The van der Waals surface area contributed by atoms with Gasteiger partial charge in [-0.15, -0.1) is 0 Å². The Morgan fingerprint density at radius 3 is 2.62 bits per heavy atom. The molecule has 0 aliphatic heterocycles. The fraction of sp³-hybridized carbons (Fsp3) is 0.364. The molecular weight excluding hydrogens is 274 g/mol. The van der Waals surface area contributed by atoms with E-state index in [9.17, 15) is 9.90 Å². The summed E-state index contributed by atoms with van der Waals surface area (Å²) in [6.45, 7) is 2.03. The highest BCUT2D eigenvalue weighted by Crippen LogP contribution is 2.35. The molecule has 1 unspecified atom stereocenters. The van der Waals surface area contributed by atoms with Crippen molar-refractivity contribution in [2.24, 2.45) is 5.73 Å². The van der Waals surface area contributed by atoms with Crippen molar-refractivity contribution < 1.29 is 15.0 Å². The minimum atomic E-state index is -0.928. The Morgan fingerprint density at radius 1 is 1.56 bits per heavy atom. The normalized spacial score (nSPS) is 12.4. The molecule has 4 nitrogen and oxygen atoms in total. The van der Waals surface area contributed by atoms with Crippen LogP contribution in [0.25, 0.3) is 0 Å². The SMILES string of the molecule is Cc1cc(O)c(C(CN)CC(=O)O)c(Br)c1. The van der Waals surface area contributed by atoms with Crippen molar-refractivity contribution >= 4 is 21.9 Å². The molecule has 4 N–H and O–H groups in total. The van der Waals surface area contributed by atoms with Crippen LogP contribution in [0.1, 0.15) is 23.5 Å². The summed E-state index contributed by atoms with van der Waals surface area (Å²) in [5.74, 6) is -1.22. The lowest BCUT2D eigenvalue weighted by molar-refractivity contribution is -0.137. The van der Waals surface area contributed by atoms with Crippen molar-refractivity contribution in [2.75, 3.05) is 6.54 Å². The summed E-state index contributed by atoms with van der Waals surface area (Å²) in [4.78, 5) is 10.7. The van der Waals surface area contributed by atoms with E-state index in [1.807, 2.05) is 13.0 Å². The van der Waals surface area contributed by atoms with Crippen molar-refractivity contribution in [1.82, 2.24) is 0 Å². The largest absolute Gasteiger partial charge is 0.508 e. The lowest BCUT2D eigenvalue weighted by atomic mass is 9.94. The Hall–Kier alpha value is -1.07. The van der Waals surface area contributed by atoms with Gasteiger partial charge >= 0.3 is 5.97 Å². The Balaban J connectivity index is 3.14. The van der Waals surface area contributed by atoms with E-state index in [2.05, 4.69) is 15.9 Å². The predicted molar refractivity (Wildman–Crippen MR) is 64.6 cm³/mol. The van der Waals surface area contributed by atoms with Gasteiger partial charge in [-0.25, -0.2) is 0 Å². The zero-order valence-corrected chi connectivity index (χ0v) is 10.5. The van der Waals surface area contributed by atoms with Gasteiger partial charge in [-0.05, 0) is 31.2 Å². The van der Waals surface area contributed by atoms with Crippen LogP contribution in [0.2, 0.25) is 0 Å². The molecule has 1 rings (SSSR count). The minimum absolute atomic E-state index is 0.0866. The van der Waals surface area contributed by atoms with Gasteiger partial charge in [0, 0.05) is 16.0 Å². The first kappa shape index (κ1) is 13.0. The molecule has 0 aliphatic carbocycles. The summed E-state index contributed by atoms with van der Waals surface area (Å²) < 4.78 is 0.696. The number of carboxylic acids is 1. The molecule has 1 aromatic rings. The fourth-order valence-corrected chi connectivity index (χ4v) is 2.54. The summed E-state index contributed by atoms with van der Waals surface area (Å²) in [5.41, 5.74) is 7.00. The molecule has 0 radical (unpaired) electrons. The quantitative estimate of drug-likeness (QED) is 0.791. The van der Waals surface area contributed by atoms with Crippen LogP contribution in [0.3, 0.4) is 0 Å². The van der Waals surface area contributed by atoms with Gasteiger partial charge in [-0.1, -0.05) is 15.9 Å². The van der Waals surface area contributed by atoms with Crippen LogP contribution < -0.4 is 5.73 Å². The minimum Gasteiger partial charge on any atom is -0.508 e. The second-order valence-corrected chi connectivity index (χ2v) is 4.56. The first-order valence-corrected chi connectivity index (χ1v) is 5.65. The molecule has 0 amide bonds. The van der Waals surface area contributed by atoms with Crippen LogP contribution in [0, 0.1) is 6.92 Å². The van der Waals surface area contributed by atoms with Gasteiger partial charge in [0.15, 0.2) is 0 Å². The number of nitrogens with two attached hydrogens (primary N) is 1. The lowest BCUT2D eigenvalue weighted by Gasteiger charge is -2.17. The number of phenols is 1. The van der Waals surface area contributed by atoms with E-state index in [0.29, 0.717) is 10.0 Å². The van der Waals surface area contributed by atoms with Crippen LogP contribution in [-0.2, 0) is 4.79 Å². The maximum atomic E-state index is 10.7. The topological polar surface area (TPSA) is 83.5 Å². The zero-order chi connectivity index (χ0) is 12.3. The van der Waals surface area contributed by atoms with Crippen LogP contribution in [0.5, 0.6) is 5.75 Å². The molecule has 16 heavy (non-hydrogen) atoms. The molecular formula is C11H14BrNO3. The van der Waals surface area contributed by atoms with Gasteiger partial charge in [0.1, 0.15) is 5.75 Å². The van der Waals surface area contributed by atoms with Crippen molar-refractivity contribution in [3.63, 3.8) is 0 Å². The van der Waals surface area contributed by atoms with Crippen molar-refractivity contribution in [1.29, 1.82) is 0 Å². The Bertz CT molecular complexity index is 383. The molecule has 0 aromatic heterocycles. The first-order valence-electron chi connectivity index (χ1n) is 4.86. The van der Waals surface area contributed by atoms with Gasteiger partial charge in [0.25, 0.3) is 0 Å². The van der Waals surface area contributed by atoms with Crippen LogP contribution in [-0.4, -0.2) is 22.7 Å². The van der Waals surface area contributed by atoms with E-state index >= 15 is 0 Å². The van der Waals surface area contributed by atoms with Gasteiger partial charge < -0.3 is 15.9 Å². The number of phenolic OH excluding ortho intramolecular Hbond substituents is 1. The van der Waals surface area contributed by atoms with Crippen molar-refractivity contribution in [2.45, 2.75) is 19.3 Å². The first-order chi connectivity index (χ1) is 7.45. The number of carbonyl (C=O) groups is 1. The average Bonchev–Trinajstić information content (AvgIpc) is 2.13. The Kier molecular flexibility index (Phi) is 4.32. The Labute approximate surface area is 102 Å². The van der Waals surface area contributed by atoms with E-state index in [0.717, 1.165) is 5.56 Å². The predicted octanol–water partition coefficient (Wildman–Crippen LogP) is 1.98. The standard InChI is InChI=1S/C11H14BrNO3/c1-6-2-8(12)11(9(14)3-6)7(5-13)4-10(15)16/h2-3,7,14H,4-5,13H2,1H3,(H,15,16). The molecule has 0 spiro atoms. The number of aliphatic carboxylic acids is 1. The molecule has 0 fully saturated rings. The van der Waals surface area contributed by atoms with Gasteiger partial charge in [0.2, 0.25) is 0 Å². The smallest absolute Gasteiger partial charge is 0.304 e. The summed E-state index contributed by atoms with van der Waals surface area (Å²) in [6, 6.07) is 3.43. The molecule has 1 aromatic carbocycles. The fourth-order valence-electron chi connectivity index (χ4n) is 1.65. The second-order valence-electron chi connectivity index (χ2n) is 3.71. The number of hydrogen-bond donors (Lipinski definition) is 3. The van der Waals surface area contributed by atoms with E-state index in [1.165, 1.54) is 0 Å². The average molecular weight is 288 g/mol. The summed E-state index contributed by atoms with van der Waals surface area (Å²) >= 11 is 3.32. The molecule has 0 bridgehead atoms. The number of benzene rings is 1. The summed E-state index contributed by atoms with van der Waals surface area (Å²) in [5, 5.41) is 18.6. The van der Waals surface area contributed by atoms with E-state index in [1.54, 1.807) is 6.07 Å². The van der Waals surface area contributed by atoms with E-state index in [-0.39, 0.29) is 24.6 Å². The molecule has 0 aliphatic rings. The van der Waals surface area contributed by atoms with Crippen LogP contribution in [0.15, 0.2) is 16.6 Å². The van der Waals surface area contributed by atoms with Crippen LogP contribution in [0.4, 0.5) is 0 Å². The van der Waals surface area contributed by atoms with Gasteiger partial charge in [0.05, 0.1) is 6.42 Å². The lowest BCUT2D eigenvalue weighted by Crippen LogP contribution is -2.17. The molecule has 0 saturated heterocycles. The van der Waals surface area contributed by atoms with E-state index in [4.69, 9.17) is 10.8 Å². The van der Waals surface area contributed by atoms with Crippen LogP contribution >= 0.6 is 15.9 Å². The molecule has 1 atom stereocenters. The molecule has 88 valence electrons. The number of carboxylic acid groups (broad SMARTS) is 1. The van der Waals surface area contributed by atoms with Gasteiger partial charge in [-0.3, -0.25) is 4.79 Å². The summed E-state index contributed by atoms with van der Waals surface area (Å²) in [7, 11) is 0. The molecule has 0 heterocycles. The molecule has 5 heteroatoms. The highest BCUT2D eigenvalue weighted by molar-refractivity contribution is 9.10. The maximum Gasteiger partial charge on any atom is 0.304 e. The monoisotopic (exact) mass is 287 g/mol. The third kappa shape index (κ3) is 2.96. The molecule has 0 saturated carbocycles.